The summed E-state index contributed by atoms with van der Waals surface area (Å²) in [6.45, 7) is 2.00. The summed E-state index contributed by atoms with van der Waals surface area (Å²) in [5, 5.41) is 1.23. The molecule has 0 unspecified atom stereocenters. The zero-order valence-electron chi connectivity index (χ0n) is 5.76. The number of fused-ring (bicyclic) bond motifs is 1. The van der Waals surface area contributed by atoms with Gasteiger partial charge in [-0.1, -0.05) is 0 Å². The van der Waals surface area contributed by atoms with Crippen LogP contribution in [-0.4, -0.2) is 9.97 Å². The van der Waals surface area contributed by atoms with Crippen molar-refractivity contribution in [2.45, 2.75) is 6.92 Å². The van der Waals surface area contributed by atoms with Crippen LogP contribution < -0.4 is 0 Å². The number of nitrogens with zero attached hydrogens (tertiary/aromatic N) is 1. The van der Waals surface area contributed by atoms with Crippen molar-refractivity contribution in [3.05, 3.63) is 30.2 Å². The van der Waals surface area contributed by atoms with Crippen molar-refractivity contribution in [1.82, 2.24) is 9.97 Å². The Kier molecular flexibility index (Phi) is 1.01. The first-order valence-corrected chi connectivity index (χ1v) is 3.26. The minimum atomic E-state index is 1.06. The molecule has 2 heteroatoms. The monoisotopic (exact) mass is 132 g/mol. The first-order valence-electron chi connectivity index (χ1n) is 3.26. The summed E-state index contributed by atoms with van der Waals surface area (Å²) in [6, 6.07) is 4.04. The summed E-state index contributed by atoms with van der Waals surface area (Å²) in [7, 11) is 0. The average Bonchev–Trinajstić information content (AvgIpc) is 2.36. The highest BCUT2D eigenvalue weighted by molar-refractivity contribution is 5.80. The summed E-state index contributed by atoms with van der Waals surface area (Å²) in [6.07, 6.45) is 3.75. The Labute approximate surface area is 58.9 Å². The fourth-order valence-corrected chi connectivity index (χ4v) is 1.13. The Morgan fingerprint density at radius 1 is 1.40 bits per heavy atom. The molecule has 0 bridgehead atoms. The molecule has 0 saturated carbocycles. The van der Waals surface area contributed by atoms with E-state index >= 15 is 0 Å². The summed E-state index contributed by atoms with van der Waals surface area (Å²) >= 11 is 0. The molecule has 0 atom stereocenters. The largest absolute Gasteiger partial charge is 0.360 e. The van der Waals surface area contributed by atoms with Gasteiger partial charge in [-0.25, -0.2) is 0 Å². The van der Waals surface area contributed by atoms with Gasteiger partial charge in [0.25, 0.3) is 0 Å². The van der Waals surface area contributed by atoms with Gasteiger partial charge < -0.3 is 4.98 Å². The van der Waals surface area contributed by atoms with E-state index in [-0.39, 0.29) is 0 Å². The summed E-state index contributed by atoms with van der Waals surface area (Å²) in [5.41, 5.74) is 2.20. The van der Waals surface area contributed by atoms with Gasteiger partial charge in [-0.3, -0.25) is 4.98 Å². The molecule has 0 aliphatic rings. The van der Waals surface area contributed by atoms with Crippen LogP contribution in [0.25, 0.3) is 10.9 Å². The topological polar surface area (TPSA) is 28.7 Å². The Bertz CT molecular complexity index is 349. The standard InChI is InChI=1S/C8H8N2/c1-6-8-7(2-4-9-6)3-5-10-8/h2-5,10H,1H3. The average molecular weight is 132 g/mol. The molecule has 0 aliphatic heterocycles. The highest BCUT2D eigenvalue weighted by Gasteiger charge is 1.95. The van der Waals surface area contributed by atoms with Gasteiger partial charge in [-0.05, 0) is 19.1 Å². The molecule has 0 radical (unpaired) electrons. The fourth-order valence-electron chi connectivity index (χ4n) is 1.13. The van der Waals surface area contributed by atoms with Crippen LogP contribution in [0, 0.1) is 6.92 Å². The highest BCUT2D eigenvalue weighted by atomic mass is 14.7. The Hall–Kier alpha value is -1.31. The van der Waals surface area contributed by atoms with Crippen LogP contribution in [0.15, 0.2) is 24.5 Å². The van der Waals surface area contributed by atoms with E-state index in [0.717, 1.165) is 11.2 Å². The third-order valence-electron chi connectivity index (χ3n) is 1.66. The van der Waals surface area contributed by atoms with Gasteiger partial charge in [-0.2, -0.15) is 0 Å². The normalized spacial score (nSPS) is 10.5. The van der Waals surface area contributed by atoms with Crippen LogP contribution in [0.1, 0.15) is 5.69 Å². The maximum absolute atomic E-state index is 4.15. The first kappa shape index (κ1) is 5.47. The van der Waals surface area contributed by atoms with Gasteiger partial charge in [0.05, 0.1) is 11.2 Å². The minimum absolute atomic E-state index is 1.06. The Balaban J connectivity index is 2.95. The molecule has 2 aromatic heterocycles. The molecule has 2 heterocycles. The molecule has 0 fully saturated rings. The number of pyridine rings is 1. The van der Waals surface area contributed by atoms with E-state index in [4.69, 9.17) is 0 Å². The number of rotatable bonds is 0. The van der Waals surface area contributed by atoms with Gasteiger partial charge in [0.15, 0.2) is 0 Å². The van der Waals surface area contributed by atoms with Crippen molar-refractivity contribution in [3.8, 4) is 0 Å². The van der Waals surface area contributed by atoms with Crippen molar-refractivity contribution >= 4 is 10.9 Å². The highest BCUT2D eigenvalue weighted by Crippen LogP contribution is 2.12. The molecule has 2 nitrogen and oxygen atoms in total. The Morgan fingerprint density at radius 2 is 2.30 bits per heavy atom. The number of nitrogens with one attached hydrogen (secondary N) is 1. The van der Waals surface area contributed by atoms with Gasteiger partial charge in [-0.15, -0.1) is 0 Å². The van der Waals surface area contributed by atoms with Crippen molar-refractivity contribution in [2.24, 2.45) is 0 Å². The van der Waals surface area contributed by atoms with Crippen LogP contribution >= 0.6 is 0 Å². The zero-order valence-corrected chi connectivity index (χ0v) is 5.76. The number of H-pyrrole nitrogens is 1. The molecule has 0 spiro atoms. The molecular formula is C8H8N2. The molecule has 50 valence electrons. The van der Waals surface area contributed by atoms with Crippen LogP contribution in [0.2, 0.25) is 0 Å². The lowest BCUT2D eigenvalue weighted by molar-refractivity contribution is 1.22. The van der Waals surface area contributed by atoms with E-state index in [1.165, 1.54) is 5.39 Å². The van der Waals surface area contributed by atoms with E-state index in [9.17, 15) is 0 Å². The third-order valence-corrected chi connectivity index (χ3v) is 1.66. The zero-order chi connectivity index (χ0) is 6.97. The predicted octanol–water partition coefficient (Wildman–Crippen LogP) is 1.87. The second kappa shape index (κ2) is 1.84. The quantitative estimate of drug-likeness (QED) is 0.582. The molecule has 0 aliphatic carbocycles. The van der Waals surface area contributed by atoms with Crippen molar-refractivity contribution in [1.29, 1.82) is 0 Å². The van der Waals surface area contributed by atoms with E-state index in [2.05, 4.69) is 9.97 Å². The fraction of sp³-hybridized carbons (Fsp3) is 0.125. The van der Waals surface area contributed by atoms with Crippen molar-refractivity contribution in [2.75, 3.05) is 0 Å². The second-order valence-corrected chi connectivity index (χ2v) is 2.34. The third kappa shape index (κ3) is 0.620. The summed E-state index contributed by atoms with van der Waals surface area (Å²) < 4.78 is 0. The number of hydrogen-bond donors (Lipinski definition) is 1. The van der Waals surface area contributed by atoms with Gasteiger partial charge in [0.2, 0.25) is 0 Å². The van der Waals surface area contributed by atoms with Crippen LogP contribution in [-0.2, 0) is 0 Å². The lowest BCUT2D eigenvalue weighted by Gasteiger charge is -1.91. The molecule has 0 amide bonds. The molecule has 10 heavy (non-hydrogen) atoms. The number of aromatic amines is 1. The SMILES string of the molecule is Cc1nccc2cc[nH]c12. The predicted molar refractivity (Wildman–Crippen MR) is 40.8 cm³/mol. The van der Waals surface area contributed by atoms with Gasteiger partial charge in [0.1, 0.15) is 0 Å². The lowest BCUT2D eigenvalue weighted by atomic mass is 10.3. The van der Waals surface area contributed by atoms with Gasteiger partial charge in [0, 0.05) is 17.8 Å². The van der Waals surface area contributed by atoms with Crippen molar-refractivity contribution < 1.29 is 0 Å². The molecular weight excluding hydrogens is 124 g/mol. The maximum atomic E-state index is 4.15. The second-order valence-electron chi connectivity index (χ2n) is 2.34. The smallest absolute Gasteiger partial charge is 0.0670 e. The molecule has 1 N–H and O–H groups in total. The Morgan fingerprint density at radius 3 is 3.10 bits per heavy atom. The van der Waals surface area contributed by atoms with Gasteiger partial charge >= 0.3 is 0 Å². The van der Waals surface area contributed by atoms with E-state index in [1.54, 1.807) is 0 Å². The van der Waals surface area contributed by atoms with Crippen LogP contribution in [0.3, 0.4) is 0 Å². The summed E-state index contributed by atoms with van der Waals surface area (Å²) in [4.78, 5) is 7.27. The number of aromatic nitrogens is 2. The van der Waals surface area contributed by atoms with Crippen LogP contribution in [0.4, 0.5) is 0 Å². The molecule has 0 saturated heterocycles. The summed E-state index contributed by atoms with van der Waals surface area (Å²) in [5.74, 6) is 0. The molecule has 2 rings (SSSR count). The van der Waals surface area contributed by atoms with E-state index in [1.807, 2.05) is 31.5 Å². The minimum Gasteiger partial charge on any atom is -0.360 e. The van der Waals surface area contributed by atoms with Crippen LogP contribution in [0.5, 0.6) is 0 Å². The van der Waals surface area contributed by atoms with E-state index in [0.29, 0.717) is 0 Å². The number of hydrogen-bond acceptors (Lipinski definition) is 1. The molecule has 2 aromatic rings. The van der Waals surface area contributed by atoms with Crippen molar-refractivity contribution in [3.63, 3.8) is 0 Å². The molecule has 0 aromatic carbocycles. The number of aryl methyl sites for hydroxylation is 1. The lowest BCUT2D eigenvalue weighted by Crippen LogP contribution is -1.79. The maximum Gasteiger partial charge on any atom is 0.0670 e. The first-order chi connectivity index (χ1) is 4.88. The van der Waals surface area contributed by atoms with E-state index < -0.39 is 0 Å².